The molecule has 210 valence electrons. The van der Waals surface area contributed by atoms with E-state index in [0.29, 0.717) is 24.5 Å². The van der Waals surface area contributed by atoms with Crippen LogP contribution in [-0.2, 0) is 16.6 Å². The van der Waals surface area contributed by atoms with Gasteiger partial charge in [-0.05, 0) is 112 Å². The molecule has 6 heteroatoms. The molecule has 1 N–H and O–H groups in total. The van der Waals surface area contributed by atoms with Gasteiger partial charge in [-0.2, -0.15) is 0 Å². The molecule has 1 saturated carbocycles. The van der Waals surface area contributed by atoms with Crippen LogP contribution < -0.4 is 9.64 Å². The Labute approximate surface area is 238 Å². The van der Waals surface area contributed by atoms with Gasteiger partial charge in [-0.3, -0.25) is 0 Å². The van der Waals surface area contributed by atoms with Crippen LogP contribution in [0.5, 0.6) is 5.75 Å². The van der Waals surface area contributed by atoms with Crippen LogP contribution in [0.3, 0.4) is 0 Å². The van der Waals surface area contributed by atoms with Crippen molar-refractivity contribution in [3.05, 3.63) is 70.8 Å². The highest BCUT2D eigenvalue weighted by atomic mass is 35.5. The van der Waals surface area contributed by atoms with Gasteiger partial charge in [0.15, 0.2) is 0 Å². The van der Waals surface area contributed by atoms with Gasteiger partial charge in [0.2, 0.25) is 0 Å². The van der Waals surface area contributed by atoms with Crippen molar-refractivity contribution < 1.29 is 19.4 Å². The first-order valence-electron chi connectivity index (χ1n) is 14.3. The molecule has 0 bridgehead atoms. The van der Waals surface area contributed by atoms with Gasteiger partial charge < -0.3 is 19.5 Å². The molecule has 0 saturated heterocycles. The Kier molecular flexibility index (Phi) is 7.54. The van der Waals surface area contributed by atoms with Crippen LogP contribution in [0, 0.1) is 11.3 Å². The number of fused-ring (bicyclic) bond motifs is 3. The standard InChI is InChI=1S/C33H42ClNO4/c1-6-8-29(36)32(5)16-14-24(32)19-35-20-33(15-7-9-22-17-25(34)11-12-26(22)33)21-38-28-13-10-23(18-27(28)35)30(37)39-31(2,3)4/h6,10-13,17-18,24,29,36H,1,7-9,14-16,19-21H2,2-5H3/t24-,29+,32-,33?/m1/s1. The van der Waals surface area contributed by atoms with Crippen molar-refractivity contribution >= 4 is 23.3 Å². The lowest BCUT2D eigenvalue weighted by atomic mass is 9.57. The van der Waals surface area contributed by atoms with Crippen molar-refractivity contribution in [2.24, 2.45) is 11.3 Å². The molecule has 3 aliphatic rings. The molecule has 39 heavy (non-hydrogen) atoms. The average molecular weight is 552 g/mol. The van der Waals surface area contributed by atoms with E-state index in [-0.39, 0.29) is 16.8 Å². The minimum atomic E-state index is -0.577. The number of benzene rings is 2. The normalized spacial score (nSPS) is 26.9. The molecule has 0 amide bonds. The van der Waals surface area contributed by atoms with Crippen LogP contribution in [0.15, 0.2) is 49.1 Å². The first kappa shape index (κ1) is 28.0. The highest BCUT2D eigenvalue weighted by Gasteiger charge is 2.49. The van der Waals surface area contributed by atoms with E-state index in [2.05, 4.69) is 30.5 Å². The van der Waals surface area contributed by atoms with Crippen LogP contribution in [0.2, 0.25) is 5.02 Å². The van der Waals surface area contributed by atoms with Crippen LogP contribution in [-0.4, -0.2) is 42.5 Å². The second-order valence-corrected chi connectivity index (χ2v) is 13.5. The summed E-state index contributed by atoms with van der Waals surface area (Å²) in [7, 11) is 0. The minimum Gasteiger partial charge on any atom is -0.490 e. The van der Waals surface area contributed by atoms with Gasteiger partial charge in [0.05, 0.1) is 24.0 Å². The van der Waals surface area contributed by atoms with Crippen LogP contribution in [0.1, 0.15) is 81.3 Å². The molecule has 5 rings (SSSR count). The zero-order chi connectivity index (χ0) is 28.0. The van der Waals surface area contributed by atoms with Crippen molar-refractivity contribution in [3.63, 3.8) is 0 Å². The summed E-state index contributed by atoms with van der Waals surface area (Å²) >= 11 is 6.40. The molecule has 1 fully saturated rings. The van der Waals surface area contributed by atoms with E-state index < -0.39 is 11.7 Å². The van der Waals surface area contributed by atoms with Crippen LogP contribution in [0.25, 0.3) is 0 Å². The Morgan fingerprint density at radius 1 is 1.28 bits per heavy atom. The summed E-state index contributed by atoms with van der Waals surface area (Å²) in [4.78, 5) is 15.5. The van der Waals surface area contributed by atoms with Crippen molar-refractivity contribution in [1.29, 1.82) is 0 Å². The summed E-state index contributed by atoms with van der Waals surface area (Å²) in [6.07, 6.45) is 7.14. The number of esters is 1. The number of rotatable bonds is 6. The zero-order valence-electron chi connectivity index (χ0n) is 23.8. The Morgan fingerprint density at radius 2 is 2.08 bits per heavy atom. The fourth-order valence-corrected chi connectivity index (χ4v) is 7.01. The summed E-state index contributed by atoms with van der Waals surface area (Å²) in [5.41, 5.74) is 3.11. The van der Waals surface area contributed by atoms with Gasteiger partial charge in [0, 0.05) is 23.5 Å². The maximum Gasteiger partial charge on any atom is 0.338 e. The maximum atomic E-state index is 13.0. The third-order valence-corrected chi connectivity index (χ3v) is 9.46. The summed E-state index contributed by atoms with van der Waals surface area (Å²) in [5.74, 6) is 0.763. The molecule has 1 aliphatic heterocycles. The molecule has 0 aromatic heterocycles. The molecule has 2 aliphatic carbocycles. The van der Waals surface area contributed by atoms with E-state index in [1.54, 1.807) is 6.07 Å². The number of halogens is 1. The number of aryl methyl sites for hydroxylation is 1. The number of ether oxygens (including phenoxy) is 2. The molecular weight excluding hydrogens is 510 g/mol. The zero-order valence-corrected chi connectivity index (χ0v) is 24.5. The first-order chi connectivity index (χ1) is 18.4. The monoisotopic (exact) mass is 551 g/mol. The second kappa shape index (κ2) is 10.5. The largest absolute Gasteiger partial charge is 0.490 e. The number of anilines is 1. The maximum absolute atomic E-state index is 13.0. The summed E-state index contributed by atoms with van der Waals surface area (Å²) in [6.45, 7) is 13.8. The molecular formula is C33H42ClNO4. The Morgan fingerprint density at radius 3 is 2.77 bits per heavy atom. The molecule has 0 radical (unpaired) electrons. The predicted molar refractivity (Wildman–Crippen MR) is 157 cm³/mol. The molecule has 1 unspecified atom stereocenters. The number of carbonyl (C=O) groups excluding carboxylic acids is 1. The fraction of sp³-hybridized carbons (Fsp3) is 0.545. The summed E-state index contributed by atoms with van der Waals surface area (Å²) in [6, 6.07) is 11.9. The van der Waals surface area contributed by atoms with Gasteiger partial charge in [0.1, 0.15) is 11.4 Å². The Hall–Kier alpha value is -2.50. The lowest BCUT2D eigenvalue weighted by Crippen LogP contribution is -2.53. The highest BCUT2D eigenvalue weighted by Crippen LogP contribution is 2.52. The molecule has 4 atom stereocenters. The van der Waals surface area contributed by atoms with Gasteiger partial charge in [0.25, 0.3) is 0 Å². The highest BCUT2D eigenvalue weighted by molar-refractivity contribution is 6.30. The van der Waals surface area contributed by atoms with Gasteiger partial charge in [-0.15, -0.1) is 6.58 Å². The van der Waals surface area contributed by atoms with Crippen LogP contribution in [0.4, 0.5) is 5.69 Å². The molecule has 1 heterocycles. The topological polar surface area (TPSA) is 59.0 Å². The Balaban J connectivity index is 1.54. The smallest absolute Gasteiger partial charge is 0.338 e. The summed E-state index contributed by atoms with van der Waals surface area (Å²) < 4.78 is 12.3. The van der Waals surface area contributed by atoms with Crippen molar-refractivity contribution in [2.45, 2.75) is 83.3 Å². The lowest BCUT2D eigenvalue weighted by Gasteiger charge is -2.52. The molecule has 2 aromatic rings. The number of hydrogen-bond donors (Lipinski definition) is 1. The van der Waals surface area contributed by atoms with Gasteiger partial charge in [-0.25, -0.2) is 4.79 Å². The predicted octanol–water partition coefficient (Wildman–Crippen LogP) is 7.12. The van der Waals surface area contributed by atoms with E-state index in [1.807, 2.05) is 45.0 Å². The van der Waals surface area contributed by atoms with E-state index in [1.165, 1.54) is 11.1 Å². The third-order valence-electron chi connectivity index (χ3n) is 9.23. The molecule has 2 aromatic carbocycles. The van der Waals surface area contributed by atoms with Crippen molar-refractivity contribution in [2.75, 3.05) is 24.6 Å². The third kappa shape index (κ3) is 5.45. The van der Waals surface area contributed by atoms with E-state index in [0.717, 1.165) is 61.7 Å². The van der Waals surface area contributed by atoms with E-state index >= 15 is 0 Å². The van der Waals surface area contributed by atoms with E-state index in [4.69, 9.17) is 21.1 Å². The molecule has 5 nitrogen and oxygen atoms in total. The first-order valence-corrected chi connectivity index (χ1v) is 14.6. The number of aliphatic hydroxyl groups is 1. The number of carbonyl (C=O) groups is 1. The minimum absolute atomic E-state index is 0.171. The van der Waals surface area contributed by atoms with Gasteiger partial charge >= 0.3 is 5.97 Å². The molecule has 1 spiro atoms. The number of hydrogen-bond acceptors (Lipinski definition) is 5. The second-order valence-electron chi connectivity index (χ2n) is 13.1. The van der Waals surface area contributed by atoms with E-state index in [9.17, 15) is 9.90 Å². The quantitative estimate of drug-likeness (QED) is 0.306. The number of nitrogens with zero attached hydrogens (tertiary/aromatic N) is 1. The Bertz CT molecular complexity index is 1250. The van der Waals surface area contributed by atoms with Gasteiger partial charge in [-0.1, -0.05) is 30.7 Å². The van der Waals surface area contributed by atoms with Crippen molar-refractivity contribution in [1.82, 2.24) is 0 Å². The number of aliphatic hydroxyl groups excluding tert-OH is 1. The van der Waals surface area contributed by atoms with Crippen LogP contribution >= 0.6 is 11.6 Å². The summed E-state index contributed by atoms with van der Waals surface area (Å²) in [5, 5.41) is 11.8. The SMILES string of the molecule is C=CC[C@H](O)[C@]1(C)CC[C@@H]1CN1CC2(CCCc3cc(Cl)ccc32)COc2ccc(C(=O)OC(C)(C)C)cc21. The van der Waals surface area contributed by atoms with Crippen molar-refractivity contribution in [3.8, 4) is 5.75 Å². The lowest BCUT2D eigenvalue weighted by molar-refractivity contribution is -0.0695. The average Bonchev–Trinajstić information content (AvgIpc) is 3.02. The fourth-order valence-electron chi connectivity index (χ4n) is 6.81.